The Balaban J connectivity index is 2.42. The predicted octanol–water partition coefficient (Wildman–Crippen LogP) is 1.65. The van der Waals surface area contributed by atoms with E-state index in [0.717, 1.165) is 26.1 Å². The topological polar surface area (TPSA) is 24.5 Å². The molecule has 0 bridgehead atoms. The van der Waals surface area contributed by atoms with Crippen LogP contribution in [0.2, 0.25) is 0 Å². The normalized spacial score (nSPS) is 19.6. The van der Waals surface area contributed by atoms with Crippen molar-refractivity contribution in [3.05, 3.63) is 11.6 Å². The molecule has 0 amide bonds. The molecule has 1 rings (SSSR count). The monoisotopic (exact) mass is 226 g/mol. The molecule has 0 aromatic carbocycles. The van der Waals surface area contributed by atoms with E-state index in [0.29, 0.717) is 6.04 Å². The zero-order valence-electron chi connectivity index (χ0n) is 11.0. The van der Waals surface area contributed by atoms with E-state index < -0.39 is 0 Å². The quantitative estimate of drug-likeness (QED) is 0.668. The Kier molecular flexibility index (Phi) is 6.69. The van der Waals surface area contributed by atoms with E-state index in [2.05, 4.69) is 23.2 Å². The van der Waals surface area contributed by atoms with Crippen LogP contribution in [0.1, 0.15) is 26.2 Å². The molecule has 16 heavy (non-hydrogen) atoms. The Hall–Kier alpha value is -0.380. The summed E-state index contributed by atoms with van der Waals surface area (Å²) in [5.41, 5.74) is 1.46. The number of nitrogens with zero attached hydrogens (tertiary/aromatic N) is 1. The van der Waals surface area contributed by atoms with Crippen LogP contribution in [0.25, 0.3) is 0 Å². The largest absolute Gasteiger partial charge is 0.380 e. The van der Waals surface area contributed by atoms with Gasteiger partial charge in [-0.3, -0.25) is 4.90 Å². The summed E-state index contributed by atoms with van der Waals surface area (Å²) >= 11 is 0. The highest BCUT2D eigenvalue weighted by molar-refractivity contribution is 5.08. The highest BCUT2D eigenvalue weighted by Crippen LogP contribution is 2.15. The van der Waals surface area contributed by atoms with Crippen LogP contribution in [-0.4, -0.2) is 51.3 Å². The molecule has 1 unspecified atom stereocenters. The molecular weight excluding hydrogens is 200 g/mol. The van der Waals surface area contributed by atoms with E-state index in [1.807, 2.05) is 7.05 Å². The van der Waals surface area contributed by atoms with Crippen LogP contribution in [0.5, 0.6) is 0 Å². The molecule has 0 saturated carbocycles. The van der Waals surface area contributed by atoms with Crippen molar-refractivity contribution in [2.24, 2.45) is 0 Å². The van der Waals surface area contributed by atoms with Gasteiger partial charge in [0.15, 0.2) is 0 Å². The second kappa shape index (κ2) is 7.82. The summed E-state index contributed by atoms with van der Waals surface area (Å²) in [6.45, 7) is 6.44. The molecule has 0 aliphatic carbocycles. The van der Waals surface area contributed by atoms with Gasteiger partial charge in [-0.05, 0) is 25.5 Å². The van der Waals surface area contributed by atoms with Crippen molar-refractivity contribution in [1.82, 2.24) is 10.2 Å². The molecule has 1 heterocycles. The minimum atomic E-state index is 0.690. The molecule has 94 valence electrons. The van der Waals surface area contributed by atoms with Crippen molar-refractivity contribution < 1.29 is 4.74 Å². The first-order chi connectivity index (χ1) is 7.81. The highest BCUT2D eigenvalue weighted by Gasteiger charge is 2.19. The summed E-state index contributed by atoms with van der Waals surface area (Å²) in [7, 11) is 3.81. The second-order valence-corrected chi connectivity index (χ2v) is 4.54. The third kappa shape index (κ3) is 4.24. The van der Waals surface area contributed by atoms with Gasteiger partial charge in [0.2, 0.25) is 0 Å². The van der Waals surface area contributed by atoms with Gasteiger partial charge in [-0.15, -0.1) is 0 Å². The predicted molar refractivity (Wildman–Crippen MR) is 68.8 cm³/mol. The Morgan fingerprint density at radius 1 is 1.56 bits per heavy atom. The summed E-state index contributed by atoms with van der Waals surface area (Å²) < 4.78 is 5.17. The van der Waals surface area contributed by atoms with E-state index in [9.17, 15) is 0 Å². The second-order valence-electron chi connectivity index (χ2n) is 4.54. The van der Waals surface area contributed by atoms with Crippen molar-refractivity contribution in [3.8, 4) is 0 Å². The lowest BCUT2D eigenvalue weighted by Crippen LogP contribution is -2.43. The van der Waals surface area contributed by atoms with Crippen molar-refractivity contribution >= 4 is 0 Å². The maximum atomic E-state index is 5.17. The Morgan fingerprint density at radius 2 is 2.38 bits per heavy atom. The summed E-state index contributed by atoms with van der Waals surface area (Å²) in [5, 5.41) is 3.30. The van der Waals surface area contributed by atoms with Gasteiger partial charge in [-0.1, -0.05) is 19.4 Å². The van der Waals surface area contributed by atoms with Crippen molar-refractivity contribution in [2.75, 3.05) is 40.4 Å². The fourth-order valence-corrected chi connectivity index (χ4v) is 2.36. The third-order valence-electron chi connectivity index (χ3n) is 3.24. The van der Waals surface area contributed by atoms with Gasteiger partial charge in [0.25, 0.3) is 0 Å². The first-order valence-electron chi connectivity index (χ1n) is 6.37. The van der Waals surface area contributed by atoms with Gasteiger partial charge >= 0.3 is 0 Å². The molecule has 0 radical (unpaired) electrons. The lowest BCUT2D eigenvalue weighted by atomic mass is 10.0. The molecule has 1 N–H and O–H groups in total. The van der Waals surface area contributed by atoms with E-state index in [-0.39, 0.29) is 0 Å². The molecule has 0 saturated heterocycles. The molecule has 3 heteroatoms. The van der Waals surface area contributed by atoms with Crippen molar-refractivity contribution in [2.45, 2.75) is 32.2 Å². The van der Waals surface area contributed by atoms with E-state index >= 15 is 0 Å². The summed E-state index contributed by atoms with van der Waals surface area (Å²) in [5.74, 6) is 0. The fraction of sp³-hybridized carbons (Fsp3) is 0.846. The molecule has 0 aromatic heterocycles. The van der Waals surface area contributed by atoms with Crippen LogP contribution >= 0.6 is 0 Å². The van der Waals surface area contributed by atoms with Crippen LogP contribution in [-0.2, 0) is 4.74 Å². The molecule has 1 atom stereocenters. The number of hydrogen-bond donors (Lipinski definition) is 1. The maximum Gasteiger partial charge on any atom is 0.0673 e. The highest BCUT2D eigenvalue weighted by atomic mass is 16.5. The Labute approximate surface area is 99.8 Å². The minimum absolute atomic E-state index is 0.690. The molecule has 0 spiro atoms. The molecule has 0 fully saturated rings. The van der Waals surface area contributed by atoms with E-state index in [4.69, 9.17) is 4.74 Å². The molecule has 1 aliphatic rings. The van der Waals surface area contributed by atoms with Gasteiger partial charge in [0.05, 0.1) is 6.61 Å². The van der Waals surface area contributed by atoms with Gasteiger partial charge in [-0.25, -0.2) is 0 Å². The maximum absolute atomic E-state index is 5.17. The SMILES string of the molecule is CCCC(CNC)N1CC=C(COC)CC1. The molecule has 1 aliphatic heterocycles. The molecule has 3 nitrogen and oxygen atoms in total. The van der Waals surface area contributed by atoms with E-state index in [1.165, 1.54) is 25.0 Å². The number of methoxy groups -OCH3 is 1. The van der Waals surface area contributed by atoms with Crippen molar-refractivity contribution in [1.29, 1.82) is 0 Å². The van der Waals surface area contributed by atoms with Crippen LogP contribution in [0.4, 0.5) is 0 Å². The van der Waals surface area contributed by atoms with Gasteiger partial charge in [-0.2, -0.15) is 0 Å². The number of ether oxygens (including phenoxy) is 1. The van der Waals surface area contributed by atoms with Gasteiger partial charge in [0.1, 0.15) is 0 Å². The third-order valence-corrected chi connectivity index (χ3v) is 3.24. The standard InChI is InChI=1S/C13H26N2O/c1-4-5-13(10-14-2)15-8-6-12(7-9-15)11-16-3/h6,13-14H,4-5,7-11H2,1-3H3. The summed E-state index contributed by atoms with van der Waals surface area (Å²) in [6, 6.07) is 0.690. The van der Waals surface area contributed by atoms with E-state index in [1.54, 1.807) is 7.11 Å². The van der Waals surface area contributed by atoms with Gasteiger partial charge < -0.3 is 10.1 Å². The van der Waals surface area contributed by atoms with Crippen LogP contribution < -0.4 is 5.32 Å². The first-order valence-corrected chi connectivity index (χ1v) is 6.37. The van der Waals surface area contributed by atoms with Crippen LogP contribution in [0, 0.1) is 0 Å². The number of hydrogen-bond acceptors (Lipinski definition) is 3. The fourth-order valence-electron chi connectivity index (χ4n) is 2.36. The number of nitrogens with one attached hydrogen (secondary N) is 1. The average molecular weight is 226 g/mol. The molecular formula is C13H26N2O. The lowest BCUT2D eigenvalue weighted by molar-refractivity contribution is 0.180. The molecule has 0 aromatic rings. The number of likely N-dealkylation sites (N-methyl/N-ethyl adjacent to an activating group) is 1. The minimum Gasteiger partial charge on any atom is -0.380 e. The Morgan fingerprint density at radius 3 is 2.88 bits per heavy atom. The van der Waals surface area contributed by atoms with Crippen LogP contribution in [0.3, 0.4) is 0 Å². The van der Waals surface area contributed by atoms with Crippen LogP contribution in [0.15, 0.2) is 11.6 Å². The smallest absolute Gasteiger partial charge is 0.0673 e. The van der Waals surface area contributed by atoms with Gasteiger partial charge in [0, 0.05) is 32.8 Å². The average Bonchev–Trinajstić information content (AvgIpc) is 2.30. The zero-order chi connectivity index (χ0) is 11.8. The van der Waals surface area contributed by atoms with Crippen molar-refractivity contribution in [3.63, 3.8) is 0 Å². The first kappa shape index (κ1) is 13.7. The lowest BCUT2D eigenvalue weighted by Gasteiger charge is -2.33. The zero-order valence-corrected chi connectivity index (χ0v) is 11.0. The Bertz CT molecular complexity index is 210. The summed E-state index contributed by atoms with van der Waals surface area (Å²) in [6.07, 6.45) is 6.05. The number of rotatable bonds is 7. The summed E-state index contributed by atoms with van der Waals surface area (Å²) in [4.78, 5) is 2.58.